The summed E-state index contributed by atoms with van der Waals surface area (Å²) in [5.74, 6) is 0.378. The van der Waals surface area contributed by atoms with Crippen molar-refractivity contribution in [3.8, 4) is 18.1 Å². The molecule has 2 heterocycles. The van der Waals surface area contributed by atoms with E-state index in [9.17, 15) is 17.6 Å². The van der Waals surface area contributed by atoms with Crippen molar-refractivity contribution in [2.45, 2.75) is 69.4 Å². The number of hydrogen-bond donors (Lipinski definition) is 2. The molecule has 1 atom stereocenters. The molecule has 10 nitrogen and oxygen atoms in total. The number of hydrogen-bond acceptors (Lipinski definition) is 8. The van der Waals surface area contributed by atoms with Crippen LogP contribution in [0.2, 0.25) is 0 Å². The van der Waals surface area contributed by atoms with E-state index in [1.54, 1.807) is 6.07 Å². The third-order valence-electron chi connectivity index (χ3n) is 5.99. The summed E-state index contributed by atoms with van der Waals surface area (Å²) in [4.78, 5) is 8.90. The van der Waals surface area contributed by atoms with Crippen LogP contribution in [0.15, 0.2) is 28.4 Å². The van der Waals surface area contributed by atoms with Crippen molar-refractivity contribution >= 4 is 5.97 Å². The average molecular weight is 526 g/mol. The topological polar surface area (TPSA) is 127 Å². The van der Waals surface area contributed by atoms with Gasteiger partial charge in [0, 0.05) is 25.8 Å². The third kappa shape index (κ3) is 7.22. The van der Waals surface area contributed by atoms with Crippen molar-refractivity contribution in [1.82, 2.24) is 25.5 Å². The van der Waals surface area contributed by atoms with Gasteiger partial charge in [-0.2, -0.15) is 23.4 Å². The summed E-state index contributed by atoms with van der Waals surface area (Å²) in [5, 5.41) is 31.4. The van der Waals surface area contributed by atoms with Gasteiger partial charge in [-0.3, -0.25) is 0 Å². The molecule has 200 valence electrons. The lowest BCUT2D eigenvalue weighted by molar-refractivity contribution is -0.192. The number of terminal acetylenes is 1. The van der Waals surface area contributed by atoms with Gasteiger partial charge in [-0.05, 0) is 54.8 Å². The van der Waals surface area contributed by atoms with Crippen molar-refractivity contribution < 1.29 is 32.2 Å². The number of benzene rings is 1. The first-order valence-corrected chi connectivity index (χ1v) is 11.6. The summed E-state index contributed by atoms with van der Waals surface area (Å²) in [7, 11) is 0. The molecule has 37 heavy (non-hydrogen) atoms. The van der Waals surface area contributed by atoms with E-state index in [0.29, 0.717) is 31.8 Å². The monoisotopic (exact) mass is 525 g/mol. The van der Waals surface area contributed by atoms with Crippen molar-refractivity contribution in [1.29, 1.82) is 0 Å². The van der Waals surface area contributed by atoms with Crippen LogP contribution in [0.3, 0.4) is 0 Å². The normalized spacial score (nSPS) is 17.2. The quantitative estimate of drug-likeness (QED) is 0.335. The molecule has 2 N–H and O–H groups in total. The Kier molecular flexibility index (Phi) is 8.47. The van der Waals surface area contributed by atoms with Gasteiger partial charge in [-0.15, -0.1) is 17.4 Å². The van der Waals surface area contributed by atoms with Crippen LogP contribution in [0.5, 0.6) is 5.75 Å². The number of nitrogens with zero attached hydrogens (tertiary/aromatic N) is 6. The number of ether oxygens (including phenoxy) is 1. The highest BCUT2D eigenvalue weighted by atomic mass is 19.4. The first kappa shape index (κ1) is 28.0. The van der Waals surface area contributed by atoms with Gasteiger partial charge in [0.25, 0.3) is 0 Å². The number of aromatic nitrogens is 4. The lowest BCUT2D eigenvalue weighted by Gasteiger charge is -2.22. The molecule has 1 unspecified atom stereocenters. The highest BCUT2D eigenvalue weighted by Crippen LogP contribution is 2.44. The summed E-state index contributed by atoms with van der Waals surface area (Å²) >= 11 is 0. The SMILES string of the molecule is C#CCCC1(CCNC(c2ccc(OCC)c(F)c2)c2nnnn2C2(C)CC2)N=N1.O=C(O)C(F)(F)F. The molecule has 0 bridgehead atoms. The maximum atomic E-state index is 14.6. The molecule has 2 aliphatic rings. The first-order chi connectivity index (χ1) is 17.4. The molecule has 0 amide bonds. The first-order valence-electron chi connectivity index (χ1n) is 11.6. The zero-order valence-electron chi connectivity index (χ0n) is 20.3. The Morgan fingerprint density at radius 3 is 2.51 bits per heavy atom. The van der Waals surface area contributed by atoms with E-state index in [4.69, 9.17) is 21.1 Å². The summed E-state index contributed by atoms with van der Waals surface area (Å²) in [6.07, 6.45) is 4.41. The maximum absolute atomic E-state index is 14.6. The van der Waals surface area contributed by atoms with E-state index in [0.717, 1.165) is 24.8 Å². The molecular formula is C23H27F4N7O3. The van der Waals surface area contributed by atoms with Gasteiger partial charge < -0.3 is 15.2 Å². The molecule has 1 aromatic carbocycles. The van der Waals surface area contributed by atoms with Crippen LogP contribution in [-0.4, -0.2) is 56.3 Å². The smallest absolute Gasteiger partial charge is 0.490 e. The lowest BCUT2D eigenvalue weighted by atomic mass is 10.0. The van der Waals surface area contributed by atoms with Gasteiger partial charge in [0.1, 0.15) is 0 Å². The van der Waals surface area contributed by atoms with Gasteiger partial charge >= 0.3 is 12.1 Å². The summed E-state index contributed by atoms with van der Waals surface area (Å²) in [6, 6.07) is 4.61. The molecule has 0 saturated heterocycles. The Labute approximate surface area is 210 Å². The number of nitrogens with one attached hydrogen (secondary N) is 1. The Bertz CT molecular complexity index is 1170. The Balaban J connectivity index is 0.000000479. The fourth-order valence-electron chi connectivity index (χ4n) is 3.56. The van der Waals surface area contributed by atoms with Crippen molar-refractivity contribution in [2.75, 3.05) is 13.2 Å². The molecule has 1 fully saturated rings. The fourth-order valence-corrected chi connectivity index (χ4v) is 3.56. The maximum Gasteiger partial charge on any atom is 0.490 e. The van der Waals surface area contributed by atoms with Crippen LogP contribution in [0.4, 0.5) is 17.6 Å². The van der Waals surface area contributed by atoms with Crippen molar-refractivity contribution in [3.05, 3.63) is 35.4 Å². The van der Waals surface area contributed by atoms with Crippen LogP contribution in [0.25, 0.3) is 0 Å². The fraction of sp³-hybridized carbons (Fsp3) is 0.565. The van der Waals surface area contributed by atoms with E-state index >= 15 is 0 Å². The number of carbonyl (C=O) groups is 1. The van der Waals surface area contributed by atoms with E-state index in [1.807, 2.05) is 17.7 Å². The molecule has 4 rings (SSSR count). The number of carboxylic acids is 1. The molecule has 14 heteroatoms. The number of aliphatic carboxylic acids is 1. The number of carboxylic acid groups (broad SMARTS) is 1. The standard InChI is InChI=1S/C21H26FN7O.C2HF3O2/c1-4-6-9-21(25-26-21)12-13-23-18(15-7-8-17(30-5-2)16(22)14-15)19-24-27-28-29(19)20(3)10-11-20;3-2(4,5)1(6)7/h1,7-8,14,18,23H,5-6,9-13H2,2-3H3;(H,6,7). The average Bonchev–Trinajstić information content (AvgIpc) is 3.73. The number of alkyl halides is 3. The molecule has 0 radical (unpaired) electrons. The molecule has 1 aromatic heterocycles. The summed E-state index contributed by atoms with van der Waals surface area (Å²) in [5.41, 5.74) is 0.263. The molecule has 1 saturated carbocycles. The number of halogens is 4. The highest BCUT2D eigenvalue weighted by molar-refractivity contribution is 5.73. The van der Waals surface area contributed by atoms with Crippen LogP contribution < -0.4 is 10.1 Å². The number of tetrazole rings is 1. The minimum atomic E-state index is -5.08. The van der Waals surface area contributed by atoms with Crippen LogP contribution in [0.1, 0.15) is 63.4 Å². The second-order valence-corrected chi connectivity index (χ2v) is 8.90. The van der Waals surface area contributed by atoms with Crippen molar-refractivity contribution in [2.24, 2.45) is 10.2 Å². The van der Waals surface area contributed by atoms with E-state index in [-0.39, 0.29) is 23.0 Å². The highest BCUT2D eigenvalue weighted by Gasteiger charge is 2.44. The van der Waals surface area contributed by atoms with E-state index in [1.165, 1.54) is 6.07 Å². The predicted molar refractivity (Wildman–Crippen MR) is 122 cm³/mol. The van der Waals surface area contributed by atoms with E-state index in [2.05, 4.69) is 43.9 Å². The van der Waals surface area contributed by atoms with Crippen LogP contribution >= 0.6 is 0 Å². The van der Waals surface area contributed by atoms with Gasteiger partial charge in [0.05, 0.1) is 18.2 Å². The third-order valence-corrected chi connectivity index (χ3v) is 5.99. The van der Waals surface area contributed by atoms with Crippen molar-refractivity contribution in [3.63, 3.8) is 0 Å². The van der Waals surface area contributed by atoms with Gasteiger partial charge in [0.15, 0.2) is 23.1 Å². The second-order valence-electron chi connectivity index (χ2n) is 8.90. The summed E-state index contributed by atoms with van der Waals surface area (Å²) in [6.45, 7) is 4.97. The van der Waals surface area contributed by atoms with Gasteiger partial charge in [0.2, 0.25) is 0 Å². The predicted octanol–water partition coefficient (Wildman–Crippen LogP) is 4.00. The minimum Gasteiger partial charge on any atom is -0.491 e. The largest absolute Gasteiger partial charge is 0.491 e. The summed E-state index contributed by atoms with van der Waals surface area (Å²) < 4.78 is 53.5. The zero-order valence-corrected chi connectivity index (χ0v) is 20.3. The molecule has 0 spiro atoms. The molecule has 2 aromatic rings. The lowest BCUT2D eigenvalue weighted by Crippen LogP contribution is -2.31. The molecule has 1 aliphatic heterocycles. The Morgan fingerprint density at radius 1 is 1.32 bits per heavy atom. The van der Waals surface area contributed by atoms with Crippen LogP contribution in [-0.2, 0) is 10.3 Å². The Morgan fingerprint density at radius 2 is 2.00 bits per heavy atom. The number of rotatable bonds is 11. The minimum absolute atomic E-state index is 0.0856. The molecule has 1 aliphatic carbocycles. The van der Waals surface area contributed by atoms with E-state index < -0.39 is 18.0 Å². The van der Waals surface area contributed by atoms with Crippen LogP contribution in [0, 0.1) is 18.2 Å². The van der Waals surface area contributed by atoms with Gasteiger partial charge in [-0.1, -0.05) is 6.07 Å². The second kappa shape index (κ2) is 11.2. The van der Waals surface area contributed by atoms with Gasteiger partial charge in [-0.25, -0.2) is 13.9 Å². The molecular weight excluding hydrogens is 498 g/mol. The Hall–Kier alpha value is -3.60. The zero-order chi connectivity index (χ0) is 27.3.